The molecule has 0 radical (unpaired) electrons. The molecule has 0 atom stereocenters. The molecular formula is C21H24N4OS. The van der Waals surface area contributed by atoms with E-state index in [0.717, 1.165) is 47.1 Å². The van der Waals surface area contributed by atoms with Crippen LogP contribution >= 0.6 is 11.8 Å². The van der Waals surface area contributed by atoms with E-state index in [1.807, 2.05) is 37.3 Å². The summed E-state index contributed by atoms with van der Waals surface area (Å²) in [6.07, 6.45) is 2.27. The maximum absolute atomic E-state index is 12.4. The molecule has 0 saturated heterocycles. The second-order valence-electron chi connectivity index (χ2n) is 6.42. The second kappa shape index (κ2) is 9.37. The maximum Gasteiger partial charge on any atom is 0.254 e. The SMILES string of the molecule is Cc1nc(CCSCc2cccc(N)n2)[nH]c(=O)c1CCc1ccccc1. The molecule has 6 heteroatoms. The van der Waals surface area contributed by atoms with Gasteiger partial charge in [0.1, 0.15) is 11.6 Å². The zero-order valence-corrected chi connectivity index (χ0v) is 16.3. The maximum atomic E-state index is 12.4. The molecule has 0 spiro atoms. The Hall–Kier alpha value is -2.60. The van der Waals surface area contributed by atoms with Gasteiger partial charge in [-0.25, -0.2) is 9.97 Å². The van der Waals surface area contributed by atoms with Gasteiger partial charge in [0.15, 0.2) is 0 Å². The molecule has 3 aromatic rings. The molecule has 0 aliphatic rings. The Morgan fingerprint density at radius 3 is 2.56 bits per heavy atom. The highest BCUT2D eigenvalue weighted by molar-refractivity contribution is 7.98. The van der Waals surface area contributed by atoms with Gasteiger partial charge < -0.3 is 10.7 Å². The number of thioether (sulfide) groups is 1. The Bertz CT molecular complexity index is 940. The summed E-state index contributed by atoms with van der Waals surface area (Å²) in [6, 6.07) is 15.9. The number of H-pyrrole nitrogens is 1. The first kappa shape index (κ1) is 19.2. The predicted octanol–water partition coefficient (Wildman–Crippen LogP) is 3.32. The van der Waals surface area contributed by atoms with Gasteiger partial charge in [0.2, 0.25) is 0 Å². The van der Waals surface area contributed by atoms with E-state index < -0.39 is 0 Å². The van der Waals surface area contributed by atoms with Crippen LogP contribution in [0.5, 0.6) is 0 Å². The van der Waals surface area contributed by atoms with E-state index in [1.54, 1.807) is 17.8 Å². The van der Waals surface area contributed by atoms with Crippen LogP contribution in [0, 0.1) is 6.92 Å². The van der Waals surface area contributed by atoms with E-state index in [2.05, 4.69) is 27.1 Å². The van der Waals surface area contributed by atoms with E-state index >= 15 is 0 Å². The summed E-state index contributed by atoms with van der Waals surface area (Å²) in [6.45, 7) is 1.92. The Kier molecular flexibility index (Phi) is 6.65. The van der Waals surface area contributed by atoms with Crippen LogP contribution < -0.4 is 11.3 Å². The van der Waals surface area contributed by atoms with Crippen LogP contribution in [0.15, 0.2) is 53.3 Å². The molecule has 0 saturated carbocycles. The molecule has 5 nitrogen and oxygen atoms in total. The number of nitrogens with one attached hydrogen (secondary N) is 1. The molecule has 140 valence electrons. The van der Waals surface area contributed by atoms with Crippen LogP contribution in [0.2, 0.25) is 0 Å². The molecule has 0 bridgehead atoms. The summed E-state index contributed by atoms with van der Waals surface area (Å²) in [7, 11) is 0. The van der Waals surface area contributed by atoms with Crippen molar-refractivity contribution in [2.45, 2.75) is 31.9 Å². The van der Waals surface area contributed by atoms with Crippen molar-refractivity contribution in [3.05, 3.63) is 87.2 Å². The lowest BCUT2D eigenvalue weighted by Gasteiger charge is -2.08. The highest BCUT2D eigenvalue weighted by atomic mass is 32.2. The highest BCUT2D eigenvalue weighted by Crippen LogP contribution is 2.13. The lowest BCUT2D eigenvalue weighted by molar-refractivity contribution is 0.840. The standard InChI is InChI=1S/C21H24N4OS/c1-15-18(11-10-16-6-3-2-4-7-16)21(26)25-20(23-15)12-13-27-14-17-8-5-9-19(22)24-17/h2-9H,10-14H2,1H3,(H2,22,24)(H,23,25,26). The molecule has 0 fully saturated rings. The van der Waals surface area contributed by atoms with Crippen molar-refractivity contribution in [2.24, 2.45) is 0 Å². The van der Waals surface area contributed by atoms with Crippen molar-refractivity contribution >= 4 is 17.6 Å². The average Bonchev–Trinajstić information content (AvgIpc) is 2.65. The summed E-state index contributed by atoms with van der Waals surface area (Å²) >= 11 is 1.75. The fourth-order valence-corrected chi connectivity index (χ4v) is 3.77. The first-order valence-electron chi connectivity index (χ1n) is 9.03. The summed E-state index contributed by atoms with van der Waals surface area (Å²) in [5, 5.41) is 0. The van der Waals surface area contributed by atoms with Gasteiger partial charge in [-0.1, -0.05) is 36.4 Å². The van der Waals surface area contributed by atoms with Gasteiger partial charge in [-0.15, -0.1) is 0 Å². The Balaban J connectivity index is 1.53. The normalized spacial score (nSPS) is 10.9. The molecule has 3 N–H and O–H groups in total. The number of aromatic amines is 1. The number of benzene rings is 1. The molecular weight excluding hydrogens is 356 g/mol. The number of rotatable bonds is 8. The van der Waals surface area contributed by atoms with E-state index in [9.17, 15) is 4.79 Å². The fourth-order valence-electron chi connectivity index (χ4n) is 2.92. The minimum Gasteiger partial charge on any atom is -0.384 e. The number of aryl methyl sites for hydroxylation is 3. The number of hydrogen-bond donors (Lipinski definition) is 2. The summed E-state index contributed by atoms with van der Waals surface area (Å²) < 4.78 is 0. The lowest BCUT2D eigenvalue weighted by Crippen LogP contribution is -2.20. The number of hydrogen-bond acceptors (Lipinski definition) is 5. The van der Waals surface area contributed by atoms with Crippen molar-refractivity contribution in [1.82, 2.24) is 15.0 Å². The van der Waals surface area contributed by atoms with Crippen molar-refractivity contribution in [3.8, 4) is 0 Å². The lowest BCUT2D eigenvalue weighted by atomic mass is 10.0. The zero-order valence-electron chi connectivity index (χ0n) is 15.4. The summed E-state index contributed by atoms with van der Waals surface area (Å²) in [4.78, 5) is 24.3. The Morgan fingerprint density at radius 1 is 1.00 bits per heavy atom. The third kappa shape index (κ3) is 5.69. The highest BCUT2D eigenvalue weighted by Gasteiger charge is 2.09. The number of anilines is 1. The van der Waals surface area contributed by atoms with Crippen LogP contribution in [0.25, 0.3) is 0 Å². The molecule has 0 aliphatic heterocycles. The van der Waals surface area contributed by atoms with Crippen LogP contribution in [-0.4, -0.2) is 20.7 Å². The zero-order chi connectivity index (χ0) is 19.1. The summed E-state index contributed by atoms with van der Waals surface area (Å²) in [5.74, 6) is 2.95. The number of aromatic nitrogens is 3. The van der Waals surface area contributed by atoms with E-state index in [-0.39, 0.29) is 5.56 Å². The van der Waals surface area contributed by atoms with E-state index in [0.29, 0.717) is 12.2 Å². The van der Waals surface area contributed by atoms with Gasteiger partial charge >= 0.3 is 0 Å². The molecule has 0 amide bonds. The molecule has 1 aromatic carbocycles. The topological polar surface area (TPSA) is 84.7 Å². The number of nitrogens with two attached hydrogens (primary N) is 1. The monoisotopic (exact) mass is 380 g/mol. The summed E-state index contributed by atoms with van der Waals surface area (Å²) in [5.41, 5.74) is 9.47. The van der Waals surface area contributed by atoms with Gasteiger partial charge in [-0.2, -0.15) is 11.8 Å². The van der Waals surface area contributed by atoms with Gasteiger partial charge in [0.25, 0.3) is 5.56 Å². The van der Waals surface area contributed by atoms with Crippen LogP contribution in [0.4, 0.5) is 5.82 Å². The largest absolute Gasteiger partial charge is 0.384 e. The van der Waals surface area contributed by atoms with Gasteiger partial charge in [-0.05, 0) is 37.5 Å². The fraction of sp³-hybridized carbons (Fsp3) is 0.286. The number of pyridine rings is 1. The van der Waals surface area contributed by atoms with Gasteiger partial charge in [0.05, 0.1) is 5.69 Å². The van der Waals surface area contributed by atoms with E-state index in [4.69, 9.17) is 5.73 Å². The number of nitrogens with zero attached hydrogens (tertiary/aromatic N) is 2. The van der Waals surface area contributed by atoms with Crippen molar-refractivity contribution in [1.29, 1.82) is 0 Å². The van der Waals surface area contributed by atoms with Crippen LogP contribution in [0.3, 0.4) is 0 Å². The first-order valence-corrected chi connectivity index (χ1v) is 10.2. The Morgan fingerprint density at radius 2 is 1.81 bits per heavy atom. The van der Waals surface area contributed by atoms with Crippen LogP contribution in [-0.2, 0) is 25.0 Å². The quantitative estimate of drug-likeness (QED) is 0.586. The molecule has 3 rings (SSSR count). The molecule has 2 heterocycles. The van der Waals surface area contributed by atoms with Crippen molar-refractivity contribution in [3.63, 3.8) is 0 Å². The first-order chi connectivity index (χ1) is 13.1. The minimum atomic E-state index is -0.0177. The second-order valence-corrected chi connectivity index (χ2v) is 7.52. The third-order valence-corrected chi connectivity index (χ3v) is 5.33. The molecule has 27 heavy (non-hydrogen) atoms. The molecule has 0 unspecified atom stereocenters. The van der Waals surface area contributed by atoms with Crippen LogP contribution in [0.1, 0.15) is 28.3 Å². The van der Waals surface area contributed by atoms with Gasteiger partial charge in [0, 0.05) is 29.2 Å². The van der Waals surface area contributed by atoms with Gasteiger partial charge in [-0.3, -0.25) is 4.79 Å². The smallest absolute Gasteiger partial charge is 0.254 e. The van der Waals surface area contributed by atoms with E-state index in [1.165, 1.54) is 5.56 Å². The minimum absolute atomic E-state index is 0.0177. The number of nitrogen functional groups attached to an aromatic ring is 1. The molecule has 2 aromatic heterocycles. The average molecular weight is 381 g/mol. The molecule has 0 aliphatic carbocycles. The third-order valence-electron chi connectivity index (χ3n) is 4.34. The Labute approximate surface area is 163 Å². The van der Waals surface area contributed by atoms with Crippen molar-refractivity contribution < 1.29 is 0 Å². The van der Waals surface area contributed by atoms with Crippen molar-refractivity contribution in [2.75, 3.05) is 11.5 Å². The predicted molar refractivity (Wildman–Crippen MR) is 112 cm³/mol.